The molecule has 0 spiro atoms. The van der Waals surface area contributed by atoms with E-state index < -0.39 is 261 Å². The fourth-order valence-electron chi connectivity index (χ4n) is 12.2. The molecule has 43 heteroatoms. The minimum absolute atomic E-state index is 0.0998. The number of aliphatic hydroxyl groups is 1. The molecule has 43 nitrogen and oxygen atoms in total. The molecule has 1 fully saturated rings. The number of esters is 1. The van der Waals surface area contributed by atoms with Crippen molar-refractivity contribution in [1.82, 2.24) is 74.1 Å². The summed E-state index contributed by atoms with van der Waals surface area (Å²) in [5.41, 5.74) is 20.3. The van der Waals surface area contributed by atoms with Crippen LogP contribution in [-0.2, 0) is 109 Å². The highest BCUT2D eigenvalue weighted by Crippen LogP contribution is 2.22. The van der Waals surface area contributed by atoms with Gasteiger partial charge in [-0.05, 0) is 99.4 Å². The zero-order chi connectivity index (χ0) is 89.2. The number of rotatable bonds is 33. The molecule has 14 amide bonds. The number of nitrogens with one attached hydrogen (secondary N) is 14. The van der Waals surface area contributed by atoms with E-state index in [9.17, 15) is 121 Å². The van der Waals surface area contributed by atoms with Crippen molar-refractivity contribution in [3.05, 3.63) is 107 Å². The van der Waals surface area contributed by atoms with Crippen LogP contribution in [0, 0.1) is 5.92 Å². The average Bonchev–Trinajstić information content (AvgIpc) is 1.76. The zero-order valence-corrected chi connectivity index (χ0v) is 66.2. The van der Waals surface area contributed by atoms with Gasteiger partial charge in [0.1, 0.15) is 72.6 Å². The number of aliphatic carboxylic acids is 4. The van der Waals surface area contributed by atoms with Crippen molar-refractivity contribution in [2.45, 2.75) is 191 Å². The summed E-state index contributed by atoms with van der Waals surface area (Å²) in [4.78, 5) is 278. The molecule has 0 aliphatic carbocycles. The third kappa shape index (κ3) is 31.4. The van der Waals surface area contributed by atoms with Gasteiger partial charge in [0, 0.05) is 47.3 Å². The highest BCUT2D eigenvalue weighted by molar-refractivity contribution is 6.06. The number of ketones is 1. The summed E-state index contributed by atoms with van der Waals surface area (Å²) in [6.07, 6.45) is -3.41. The highest BCUT2D eigenvalue weighted by atomic mass is 16.5. The van der Waals surface area contributed by atoms with E-state index in [1.54, 1.807) is 37.4 Å². The molecule has 120 heavy (non-hydrogen) atoms. The molecule has 2 heterocycles. The maximum Gasteiger partial charge on any atom is 0.329 e. The monoisotopic (exact) mass is 1680 g/mol. The first-order valence-electron chi connectivity index (χ1n) is 38.0. The lowest BCUT2D eigenvalue weighted by Gasteiger charge is -2.30. The number of benzene rings is 3. The number of nitrogen functional groups attached to an aromatic ring is 1. The van der Waals surface area contributed by atoms with E-state index in [2.05, 4.69) is 65.1 Å². The second kappa shape index (κ2) is 47.5. The van der Waals surface area contributed by atoms with Crippen molar-refractivity contribution in [1.29, 1.82) is 0 Å². The number of carboxylic acids is 4. The lowest BCUT2D eigenvalue weighted by Crippen LogP contribution is -2.62. The molecule has 25 N–H and O–H groups in total. The summed E-state index contributed by atoms with van der Waals surface area (Å²) in [5, 5.41) is 78.7. The number of carbonyl (C=O) groups excluding carboxylic acids is 16. The molecule has 5 rings (SSSR count). The molecule has 3 aromatic carbocycles. The lowest BCUT2D eigenvalue weighted by molar-refractivity contribution is -0.156. The number of aromatic nitrogens is 1. The molecule has 1 saturated heterocycles. The molecule has 0 unspecified atom stereocenters. The number of amides is 14. The number of H-pyrrole nitrogens is 1. The molecular formula is C77H101N17O26. The first-order valence-corrected chi connectivity index (χ1v) is 38.0. The smallest absolute Gasteiger partial charge is 0.329 e. The number of Topliss-reactive ketones (excluding diaryl/α,β-unsaturated/α-hetero) is 1. The number of aromatic amines is 1. The van der Waals surface area contributed by atoms with Gasteiger partial charge in [-0.1, -0.05) is 81.3 Å². The molecular weight excluding hydrogens is 1580 g/mol. The number of fused-ring (bicyclic) bond motifs is 1. The summed E-state index contributed by atoms with van der Waals surface area (Å²) in [6.45, 7) is 2.75. The van der Waals surface area contributed by atoms with Gasteiger partial charge in [0.2, 0.25) is 82.7 Å². The van der Waals surface area contributed by atoms with E-state index >= 15 is 0 Å². The Hall–Kier alpha value is -13.7. The van der Waals surface area contributed by atoms with Crippen molar-refractivity contribution < 1.29 is 126 Å². The van der Waals surface area contributed by atoms with Gasteiger partial charge < -0.3 is 122 Å². The number of hydrogen-bond donors (Lipinski definition) is 22. The number of unbranched alkanes of at least 4 members (excludes halogenated alkanes) is 2. The number of para-hydroxylation sites is 2. The summed E-state index contributed by atoms with van der Waals surface area (Å²) < 4.78 is 5.69. The zero-order valence-electron chi connectivity index (χ0n) is 66.2. The van der Waals surface area contributed by atoms with Gasteiger partial charge in [0.25, 0.3) is 0 Å². The number of allylic oxidation sites excluding steroid dienone is 1. The normalized spacial score (nSPS) is 20.9. The van der Waals surface area contributed by atoms with Gasteiger partial charge in [-0.3, -0.25) is 91.1 Å². The summed E-state index contributed by atoms with van der Waals surface area (Å²) >= 11 is 0. The van der Waals surface area contributed by atoms with Crippen LogP contribution in [0.15, 0.2) is 85.1 Å². The fourth-order valence-corrected chi connectivity index (χ4v) is 12.2. The van der Waals surface area contributed by atoms with E-state index in [1.807, 2.05) is 40.2 Å². The van der Waals surface area contributed by atoms with Gasteiger partial charge in [-0.2, -0.15) is 0 Å². The van der Waals surface area contributed by atoms with Gasteiger partial charge >= 0.3 is 29.8 Å². The topological polar surface area (TPSA) is 702 Å². The van der Waals surface area contributed by atoms with Crippen molar-refractivity contribution in [3.8, 4) is 0 Å². The predicted octanol–water partition coefficient (Wildman–Crippen LogP) is -4.93. The third-order valence-corrected chi connectivity index (χ3v) is 18.7. The minimum Gasteiger partial charge on any atom is -0.481 e. The third-order valence-electron chi connectivity index (χ3n) is 18.7. The second-order valence-corrected chi connectivity index (χ2v) is 28.3. The second-order valence-electron chi connectivity index (χ2n) is 28.3. The van der Waals surface area contributed by atoms with E-state index in [-0.39, 0.29) is 30.6 Å². The Morgan fingerprint density at radius 3 is 1.73 bits per heavy atom. The number of carboxylic acid groups (broad SMARTS) is 4. The largest absolute Gasteiger partial charge is 0.481 e. The number of aryl methyl sites for hydroxylation is 1. The SMILES string of the molecule is CCCCCc1ccc(/C(C)=C/C(=O)N[C@@H](Cc2c[nH]c3ccccc23)C(=O)N[C@@H](CC(N)=O)C(=O)N[C@@H](CC(=O)O)C(=O)N[C@@H]2C(=O)NCC(=O)N[C@@H](CCCN)C(=O)N[C@H](CC(=O)O)C(=O)N[C@H](C)C(=O)N[C@@H](CC(=O)O)C(=O)NCC(=O)N[C@H](CO)C(=O)N[C@@H]([C@@H](C)CC(=O)O)C(=O)N[C@@H](CC(=O)c3ccccc3N)C(=O)O[C@@H]2C)cc1. The molecule has 0 radical (unpaired) electrons. The predicted molar refractivity (Wildman–Crippen MR) is 421 cm³/mol. The van der Waals surface area contributed by atoms with Crippen molar-refractivity contribution in [3.63, 3.8) is 0 Å². The van der Waals surface area contributed by atoms with Crippen LogP contribution in [0.3, 0.4) is 0 Å². The van der Waals surface area contributed by atoms with Crippen LogP contribution in [-0.4, -0.2) is 248 Å². The number of ether oxygens (including phenoxy) is 1. The summed E-state index contributed by atoms with van der Waals surface area (Å²) in [5.74, 6) is -30.2. The van der Waals surface area contributed by atoms with Gasteiger partial charge in [0.05, 0.1) is 51.8 Å². The van der Waals surface area contributed by atoms with Gasteiger partial charge in [-0.15, -0.1) is 0 Å². The number of hydrogen-bond acceptors (Lipinski definition) is 24. The Morgan fingerprint density at radius 2 is 1.13 bits per heavy atom. The first-order chi connectivity index (χ1) is 56.7. The Kier molecular flexibility index (Phi) is 38.3. The number of nitrogens with two attached hydrogens (primary N) is 3. The van der Waals surface area contributed by atoms with Crippen LogP contribution >= 0.6 is 0 Å². The fraction of sp³-hybridized carbons (Fsp3) is 0.455. The van der Waals surface area contributed by atoms with E-state index in [0.29, 0.717) is 27.6 Å². The maximum absolute atomic E-state index is 14.9. The van der Waals surface area contributed by atoms with Crippen LogP contribution in [0.4, 0.5) is 5.69 Å². The molecule has 650 valence electrons. The summed E-state index contributed by atoms with van der Waals surface area (Å²) in [6, 6.07) is -3.37. The Balaban J connectivity index is 1.61. The minimum atomic E-state index is -2.47. The average molecular weight is 1680 g/mol. The Morgan fingerprint density at radius 1 is 0.575 bits per heavy atom. The number of cyclic esters (lactones) is 1. The number of anilines is 1. The first kappa shape index (κ1) is 96.8. The Bertz CT molecular complexity index is 4490. The Labute approximate surface area is 685 Å². The molecule has 13 atom stereocenters. The van der Waals surface area contributed by atoms with Crippen LogP contribution in [0.5, 0.6) is 0 Å². The molecule has 0 saturated carbocycles. The van der Waals surface area contributed by atoms with E-state index in [4.69, 9.17) is 21.9 Å². The number of aliphatic hydroxyl groups excluding tert-OH is 1. The van der Waals surface area contributed by atoms with E-state index in [0.717, 1.165) is 52.0 Å². The van der Waals surface area contributed by atoms with E-state index in [1.165, 1.54) is 30.3 Å². The van der Waals surface area contributed by atoms with Crippen molar-refractivity contribution in [2.75, 3.05) is 32.0 Å². The molecule has 1 aliphatic rings. The quantitative estimate of drug-likeness (QED) is 0.00699. The van der Waals surface area contributed by atoms with Gasteiger partial charge in [0.15, 0.2) is 5.78 Å². The summed E-state index contributed by atoms with van der Waals surface area (Å²) in [7, 11) is 0. The van der Waals surface area contributed by atoms with Crippen LogP contribution < -0.4 is 86.3 Å². The molecule has 1 aliphatic heterocycles. The van der Waals surface area contributed by atoms with Crippen LogP contribution in [0.2, 0.25) is 0 Å². The van der Waals surface area contributed by atoms with Crippen molar-refractivity contribution in [2.24, 2.45) is 17.4 Å². The maximum atomic E-state index is 14.9. The number of primary amides is 1. The van der Waals surface area contributed by atoms with Crippen molar-refractivity contribution >= 4 is 140 Å². The van der Waals surface area contributed by atoms with Crippen LogP contribution in [0.1, 0.15) is 132 Å². The van der Waals surface area contributed by atoms with Crippen LogP contribution in [0.25, 0.3) is 16.5 Å². The molecule has 0 bridgehead atoms. The number of carbonyl (C=O) groups is 20. The molecule has 4 aromatic rings. The standard InChI is InChI=1S/C77H101N17O26/c1-6-7-8-14-41-20-22-42(23-21-41)37(2)25-58(98)86-49(27-43-33-81-47-18-12-10-15-44(43)47)71(113)89-50(29-57(80)97)72(114)91-53(32-64(107)108)73(115)94-66-40(5)120-77(119)54(28-56(96)45-16-9-11-17-46(45)79)92-76(118)65(38(3)26-61(101)102)93-74(116)55(36-95)87-60(100)34-82-68(110)51(30-62(103)104)88-67(109)39(4)84-70(112)52(31-63(105)106)90-69(111)48(19-13-24-78)85-59(99)35-83-75(66)117/h9-12,15-18,20-23,25,33,38-40,48-55,65-66,81,95H,6-8,13-14,19,24,26-32,34-36,78-79H2,1-5H3,(H2,80,97)(H,82,110)(H,83,117)(H,84,112)(H,85,99)(H,86,98)(H,87,100)(H,88,109)(H,89,113)(H,90,111)(H,91,114)(H,92,118)(H,93,116)(H,94,115)(H,101,102)(H,103,104)(H,105,106)(H,107,108)/b37-25+/t38-,39+,40+,48-,49-,50-,51-,52+,53-,54-,55+,65-,66-/m0/s1. The highest BCUT2D eigenvalue weighted by Gasteiger charge is 2.41. The molecule has 1 aromatic heterocycles. The van der Waals surface area contributed by atoms with Gasteiger partial charge in [-0.25, -0.2) is 4.79 Å². The lowest BCUT2D eigenvalue weighted by atomic mass is 9.96.